The summed E-state index contributed by atoms with van der Waals surface area (Å²) in [5.41, 5.74) is 0.945. The summed E-state index contributed by atoms with van der Waals surface area (Å²) < 4.78 is 1.74. The maximum atomic E-state index is 6.40. The van der Waals surface area contributed by atoms with Gasteiger partial charge in [-0.05, 0) is 31.4 Å². The highest BCUT2D eigenvalue weighted by atomic mass is 35.5. The molecule has 1 aromatic carbocycles. The molecule has 0 bridgehead atoms. The van der Waals surface area contributed by atoms with Crippen LogP contribution in [-0.4, -0.2) is 24.9 Å². The van der Waals surface area contributed by atoms with Crippen LogP contribution < -0.4 is 0 Å². The van der Waals surface area contributed by atoms with Crippen LogP contribution in [0.1, 0.15) is 38.1 Å². The van der Waals surface area contributed by atoms with Crippen molar-refractivity contribution in [2.45, 2.75) is 47.6 Å². The fourth-order valence-electron chi connectivity index (χ4n) is 3.32. The highest BCUT2D eigenvalue weighted by Gasteiger charge is 2.51. The second kappa shape index (κ2) is 6.71. The molecule has 0 radical (unpaired) electrons. The van der Waals surface area contributed by atoms with Crippen LogP contribution >= 0.6 is 46.6 Å². The van der Waals surface area contributed by atoms with Gasteiger partial charge in [-0.25, -0.2) is 0 Å². The topological polar surface area (TPSA) is 30.7 Å². The van der Waals surface area contributed by atoms with Gasteiger partial charge < -0.3 is 0 Å². The lowest BCUT2D eigenvalue weighted by Crippen LogP contribution is -2.09. The van der Waals surface area contributed by atoms with E-state index in [1.165, 1.54) is 25.7 Å². The molecule has 0 saturated heterocycles. The molecule has 2 saturated carbocycles. The molecule has 2 fully saturated rings. The fraction of sp³-hybridized carbons (Fsp3) is 0.529. The van der Waals surface area contributed by atoms with Crippen LogP contribution in [0, 0.1) is 5.92 Å². The van der Waals surface area contributed by atoms with Gasteiger partial charge in [0.05, 0.1) is 5.02 Å². The van der Waals surface area contributed by atoms with Gasteiger partial charge in [-0.1, -0.05) is 48.3 Å². The normalized spacial score (nSPS) is 22.9. The smallest absolute Gasteiger partial charge is 0.191 e. The number of hydrogen-bond donors (Lipinski definition) is 0. The number of alkyl halides is 2. The van der Waals surface area contributed by atoms with Crippen LogP contribution in [-0.2, 0) is 0 Å². The number of halogens is 3. The summed E-state index contributed by atoms with van der Waals surface area (Å²) in [6.07, 6.45) is 5.70. The van der Waals surface area contributed by atoms with Crippen molar-refractivity contribution >= 4 is 46.6 Å². The van der Waals surface area contributed by atoms with Gasteiger partial charge in [0, 0.05) is 23.3 Å². The predicted molar refractivity (Wildman–Crippen MR) is 101 cm³/mol. The fourth-order valence-corrected chi connectivity index (χ4v) is 5.47. The summed E-state index contributed by atoms with van der Waals surface area (Å²) in [5, 5.41) is 10.6. The molecule has 2 aliphatic carbocycles. The number of rotatable bonds is 5. The van der Waals surface area contributed by atoms with E-state index in [0.717, 1.165) is 28.7 Å². The van der Waals surface area contributed by atoms with Crippen molar-refractivity contribution in [3.05, 3.63) is 29.3 Å². The van der Waals surface area contributed by atoms with Crippen molar-refractivity contribution in [3.63, 3.8) is 0 Å². The Morgan fingerprint density at radius 1 is 1.17 bits per heavy atom. The van der Waals surface area contributed by atoms with E-state index in [1.807, 2.05) is 24.3 Å². The van der Waals surface area contributed by atoms with Crippen molar-refractivity contribution in [2.75, 3.05) is 5.75 Å². The molecule has 128 valence electrons. The van der Waals surface area contributed by atoms with Gasteiger partial charge in [-0.3, -0.25) is 4.57 Å². The Hall–Kier alpha value is -0.420. The first kappa shape index (κ1) is 17.0. The number of hydrogen-bond acceptors (Lipinski definition) is 3. The number of aromatic nitrogens is 3. The molecule has 2 aliphatic rings. The third-order valence-corrected chi connectivity index (χ3v) is 7.20. The Morgan fingerprint density at radius 2 is 1.88 bits per heavy atom. The van der Waals surface area contributed by atoms with Crippen molar-refractivity contribution in [1.82, 2.24) is 14.8 Å². The first-order valence-corrected chi connectivity index (χ1v) is 10.4. The summed E-state index contributed by atoms with van der Waals surface area (Å²) in [6, 6.07) is 8.28. The summed E-state index contributed by atoms with van der Waals surface area (Å²) in [6.45, 7) is 0. The second-order valence-electron chi connectivity index (χ2n) is 6.57. The molecule has 1 atom stereocenters. The molecule has 0 spiro atoms. The lowest BCUT2D eigenvalue weighted by molar-refractivity contribution is 0.485. The van der Waals surface area contributed by atoms with Gasteiger partial charge in [-0.15, -0.1) is 33.4 Å². The Kier molecular flexibility index (Phi) is 4.76. The van der Waals surface area contributed by atoms with Crippen LogP contribution in [0.5, 0.6) is 0 Å². The van der Waals surface area contributed by atoms with E-state index in [0.29, 0.717) is 17.0 Å². The Labute approximate surface area is 161 Å². The maximum Gasteiger partial charge on any atom is 0.191 e. The average molecular weight is 403 g/mol. The summed E-state index contributed by atoms with van der Waals surface area (Å²) in [5.74, 6) is 2.08. The predicted octanol–water partition coefficient (Wildman–Crippen LogP) is 6.00. The van der Waals surface area contributed by atoms with E-state index in [4.69, 9.17) is 34.8 Å². The number of nitrogens with zero attached hydrogens (tertiary/aromatic N) is 3. The molecule has 1 aromatic heterocycles. The molecular formula is C17H18Cl3N3S. The zero-order valence-electron chi connectivity index (χ0n) is 13.1. The minimum absolute atomic E-state index is 0.336. The van der Waals surface area contributed by atoms with Crippen LogP contribution in [0.2, 0.25) is 5.02 Å². The van der Waals surface area contributed by atoms with Crippen molar-refractivity contribution in [2.24, 2.45) is 5.92 Å². The summed E-state index contributed by atoms with van der Waals surface area (Å²) >= 11 is 20.4. The van der Waals surface area contributed by atoms with Gasteiger partial charge in [0.1, 0.15) is 4.33 Å². The standard InChI is InChI=1S/C17H18Cl3N3S/c18-14-8-4-3-7-13(14)15-21-22-16(23(15)12-5-1-2-6-12)24-10-11-9-17(11,19)20/h3-4,7-8,11-12H,1-2,5-6,9-10H2/t11-/m0/s1. The van der Waals surface area contributed by atoms with Crippen molar-refractivity contribution in [1.29, 1.82) is 0 Å². The molecule has 24 heavy (non-hydrogen) atoms. The maximum absolute atomic E-state index is 6.40. The lowest BCUT2D eigenvalue weighted by atomic mass is 10.2. The van der Waals surface area contributed by atoms with Gasteiger partial charge in [0.25, 0.3) is 0 Å². The van der Waals surface area contributed by atoms with Gasteiger partial charge in [-0.2, -0.15) is 0 Å². The number of benzene rings is 1. The van der Waals surface area contributed by atoms with E-state index in [2.05, 4.69) is 14.8 Å². The minimum Gasteiger partial charge on any atom is -0.299 e. The van der Waals surface area contributed by atoms with E-state index < -0.39 is 4.33 Å². The Morgan fingerprint density at radius 3 is 2.54 bits per heavy atom. The molecule has 7 heteroatoms. The van der Waals surface area contributed by atoms with Gasteiger partial charge >= 0.3 is 0 Å². The second-order valence-corrected chi connectivity index (χ2v) is 9.50. The third-order valence-electron chi connectivity index (χ3n) is 4.84. The number of thioether (sulfide) groups is 1. The first-order valence-electron chi connectivity index (χ1n) is 8.26. The molecular weight excluding hydrogens is 385 g/mol. The largest absolute Gasteiger partial charge is 0.299 e. The summed E-state index contributed by atoms with van der Waals surface area (Å²) in [7, 11) is 0. The van der Waals surface area contributed by atoms with Crippen LogP contribution in [0.15, 0.2) is 29.4 Å². The highest BCUT2D eigenvalue weighted by Crippen LogP contribution is 2.55. The molecule has 3 nitrogen and oxygen atoms in total. The van der Waals surface area contributed by atoms with E-state index >= 15 is 0 Å². The SMILES string of the molecule is Clc1ccccc1-c1nnc(SC[C@@H]2CC2(Cl)Cl)n1C1CCCC1. The monoisotopic (exact) mass is 401 g/mol. The van der Waals surface area contributed by atoms with Crippen LogP contribution in [0.25, 0.3) is 11.4 Å². The minimum atomic E-state index is -0.545. The van der Waals surface area contributed by atoms with Crippen molar-refractivity contribution < 1.29 is 0 Å². The summed E-state index contributed by atoms with van der Waals surface area (Å²) in [4.78, 5) is 0. The molecule has 0 N–H and O–H groups in total. The van der Waals surface area contributed by atoms with Gasteiger partial charge in [0.2, 0.25) is 0 Å². The zero-order chi connectivity index (χ0) is 16.7. The first-order chi connectivity index (χ1) is 11.6. The quantitative estimate of drug-likeness (QED) is 0.454. The van der Waals surface area contributed by atoms with Gasteiger partial charge in [0.15, 0.2) is 11.0 Å². The average Bonchev–Trinajstić information content (AvgIpc) is 2.98. The molecule has 4 rings (SSSR count). The lowest BCUT2D eigenvalue weighted by Gasteiger charge is -2.17. The van der Waals surface area contributed by atoms with E-state index in [1.54, 1.807) is 11.8 Å². The van der Waals surface area contributed by atoms with Crippen LogP contribution in [0.4, 0.5) is 0 Å². The molecule has 2 aromatic rings. The highest BCUT2D eigenvalue weighted by molar-refractivity contribution is 7.99. The van der Waals surface area contributed by atoms with E-state index in [9.17, 15) is 0 Å². The third kappa shape index (κ3) is 3.31. The Bertz CT molecular complexity index is 740. The molecule has 0 unspecified atom stereocenters. The molecule has 0 amide bonds. The van der Waals surface area contributed by atoms with Crippen molar-refractivity contribution in [3.8, 4) is 11.4 Å². The zero-order valence-corrected chi connectivity index (χ0v) is 16.2. The molecule has 1 heterocycles. The Balaban J connectivity index is 1.65. The van der Waals surface area contributed by atoms with E-state index in [-0.39, 0.29) is 0 Å². The molecule has 0 aliphatic heterocycles. The van der Waals surface area contributed by atoms with Crippen LogP contribution in [0.3, 0.4) is 0 Å².